The van der Waals surface area contributed by atoms with Crippen LogP contribution in [0.2, 0.25) is 0 Å². The van der Waals surface area contributed by atoms with Crippen molar-refractivity contribution in [3.63, 3.8) is 0 Å². The number of aromatic carboxylic acids is 1. The van der Waals surface area contributed by atoms with Gasteiger partial charge in [-0.25, -0.2) is 9.78 Å². The summed E-state index contributed by atoms with van der Waals surface area (Å²) in [7, 11) is 0. The molecule has 0 atom stereocenters. The molecule has 0 saturated carbocycles. The van der Waals surface area contributed by atoms with Gasteiger partial charge in [-0.05, 0) is 18.6 Å². The second kappa shape index (κ2) is 3.73. The SMILES string of the molecule is Cc1c(-c2cnc(C(=O)O)[nH]2)[nH]c2ccccc12. The lowest BCUT2D eigenvalue weighted by molar-refractivity contribution is 0.0685. The van der Waals surface area contributed by atoms with Crippen LogP contribution in [0.3, 0.4) is 0 Å². The molecule has 0 saturated heterocycles. The van der Waals surface area contributed by atoms with Crippen LogP contribution < -0.4 is 0 Å². The van der Waals surface area contributed by atoms with Crippen molar-refractivity contribution >= 4 is 16.9 Å². The van der Waals surface area contributed by atoms with E-state index in [1.165, 1.54) is 6.20 Å². The van der Waals surface area contributed by atoms with E-state index in [-0.39, 0.29) is 5.82 Å². The van der Waals surface area contributed by atoms with Gasteiger partial charge in [0.2, 0.25) is 5.82 Å². The monoisotopic (exact) mass is 241 g/mol. The van der Waals surface area contributed by atoms with Crippen LogP contribution in [0.15, 0.2) is 30.5 Å². The lowest BCUT2D eigenvalue weighted by Crippen LogP contribution is -1.98. The summed E-state index contributed by atoms with van der Waals surface area (Å²) in [4.78, 5) is 20.7. The number of nitrogens with one attached hydrogen (secondary N) is 2. The third kappa shape index (κ3) is 1.48. The lowest BCUT2D eigenvalue weighted by atomic mass is 10.1. The first-order valence-electron chi connectivity index (χ1n) is 5.53. The molecular formula is C13H11N3O2. The fraction of sp³-hybridized carbons (Fsp3) is 0.0769. The molecule has 0 spiro atoms. The molecule has 0 aliphatic carbocycles. The molecule has 0 unspecified atom stereocenters. The largest absolute Gasteiger partial charge is 0.475 e. The number of carboxylic acids is 1. The number of aromatic amines is 2. The quantitative estimate of drug-likeness (QED) is 0.644. The molecule has 3 rings (SSSR count). The highest BCUT2D eigenvalue weighted by atomic mass is 16.4. The first-order chi connectivity index (χ1) is 8.66. The number of H-pyrrole nitrogens is 2. The molecule has 0 radical (unpaired) electrons. The second-order valence-corrected chi connectivity index (χ2v) is 4.12. The van der Waals surface area contributed by atoms with E-state index in [1.54, 1.807) is 0 Å². The van der Waals surface area contributed by atoms with Gasteiger partial charge in [0.15, 0.2) is 0 Å². The Labute approximate surface area is 102 Å². The van der Waals surface area contributed by atoms with Crippen LogP contribution in [0, 0.1) is 6.92 Å². The first-order valence-corrected chi connectivity index (χ1v) is 5.53. The number of fused-ring (bicyclic) bond motifs is 1. The Bertz CT molecular complexity index is 740. The Kier molecular flexibility index (Phi) is 2.19. The topological polar surface area (TPSA) is 81.8 Å². The van der Waals surface area contributed by atoms with Gasteiger partial charge < -0.3 is 15.1 Å². The number of hydrogen-bond donors (Lipinski definition) is 3. The Hall–Kier alpha value is -2.56. The highest BCUT2D eigenvalue weighted by molar-refractivity contribution is 5.90. The predicted octanol–water partition coefficient (Wildman–Crippen LogP) is 2.56. The Balaban J connectivity index is 2.18. The van der Waals surface area contributed by atoms with E-state index in [2.05, 4.69) is 15.0 Å². The third-order valence-electron chi connectivity index (χ3n) is 3.01. The van der Waals surface area contributed by atoms with E-state index in [0.717, 1.165) is 22.2 Å². The molecule has 2 aromatic heterocycles. The van der Waals surface area contributed by atoms with Gasteiger partial charge in [0.25, 0.3) is 0 Å². The zero-order valence-electron chi connectivity index (χ0n) is 9.69. The van der Waals surface area contributed by atoms with Crippen LogP contribution in [-0.4, -0.2) is 26.0 Å². The van der Waals surface area contributed by atoms with Crippen LogP contribution >= 0.6 is 0 Å². The van der Waals surface area contributed by atoms with Gasteiger partial charge in [-0.3, -0.25) is 0 Å². The van der Waals surface area contributed by atoms with E-state index in [0.29, 0.717) is 5.69 Å². The maximum atomic E-state index is 10.8. The van der Waals surface area contributed by atoms with E-state index in [4.69, 9.17) is 5.11 Å². The Morgan fingerprint density at radius 2 is 2.06 bits per heavy atom. The Morgan fingerprint density at radius 3 is 2.72 bits per heavy atom. The minimum Gasteiger partial charge on any atom is -0.475 e. The van der Waals surface area contributed by atoms with Gasteiger partial charge >= 0.3 is 5.97 Å². The number of para-hydroxylation sites is 1. The molecule has 0 aliphatic rings. The number of carboxylic acid groups (broad SMARTS) is 1. The maximum Gasteiger partial charge on any atom is 0.371 e. The summed E-state index contributed by atoms with van der Waals surface area (Å²) in [5, 5.41) is 9.97. The maximum absolute atomic E-state index is 10.8. The van der Waals surface area contributed by atoms with Gasteiger partial charge in [-0.2, -0.15) is 0 Å². The van der Waals surface area contributed by atoms with E-state index in [9.17, 15) is 4.79 Å². The van der Waals surface area contributed by atoms with Gasteiger partial charge in [0.1, 0.15) is 0 Å². The van der Waals surface area contributed by atoms with E-state index < -0.39 is 5.97 Å². The van der Waals surface area contributed by atoms with E-state index >= 15 is 0 Å². The molecule has 3 N–H and O–H groups in total. The third-order valence-corrected chi connectivity index (χ3v) is 3.01. The number of hydrogen-bond acceptors (Lipinski definition) is 2. The number of nitrogens with zero attached hydrogens (tertiary/aromatic N) is 1. The van der Waals surface area contributed by atoms with Crippen molar-refractivity contribution in [2.24, 2.45) is 0 Å². The first kappa shape index (κ1) is 10.6. The number of carbonyl (C=O) groups is 1. The highest BCUT2D eigenvalue weighted by Crippen LogP contribution is 2.28. The van der Waals surface area contributed by atoms with Crippen molar-refractivity contribution in [1.82, 2.24) is 15.0 Å². The van der Waals surface area contributed by atoms with Gasteiger partial charge in [0, 0.05) is 10.9 Å². The molecule has 90 valence electrons. The van der Waals surface area contributed by atoms with E-state index in [1.807, 2.05) is 31.2 Å². The molecule has 5 nitrogen and oxygen atoms in total. The fourth-order valence-electron chi connectivity index (χ4n) is 2.11. The van der Waals surface area contributed by atoms with Crippen LogP contribution in [0.25, 0.3) is 22.3 Å². The Morgan fingerprint density at radius 1 is 1.28 bits per heavy atom. The summed E-state index contributed by atoms with van der Waals surface area (Å²) in [6, 6.07) is 7.94. The summed E-state index contributed by atoms with van der Waals surface area (Å²) in [6.07, 6.45) is 1.53. The highest BCUT2D eigenvalue weighted by Gasteiger charge is 2.13. The molecule has 0 bridgehead atoms. The molecule has 3 aromatic rings. The number of rotatable bonds is 2. The zero-order valence-corrected chi connectivity index (χ0v) is 9.69. The normalized spacial score (nSPS) is 10.9. The van der Waals surface area contributed by atoms with Crippen LogP contribution in [0.4, 0.5) is 0 Å². The minimum absolute atomic E-state index is 0.0527. The van der Waals surface area contributed by atoms with Crippen molar-refractivity contribution in [3.05, 3.63) is 41.9 Å². The average molecular weight is 241 g/mol. The van der Waals surface area contributed by atoms with Crippen molar-refractivity contribution in [3.8, 4) is 11.4 Å². The summed E-state index contributed by atoms with van der Waals surface area (Å²) in [5.41, 5.74) is 3.65. The van der Waals surface area contributed by atoms with Gasteiger partial charge in [0.05, 0.1) is 17.6 Å². The summed E-state index contributed by atoms with van der Waals surface area (Å²) < 4.78 is 0. The number of aromatic nitrogens is 3. The zero-order chi connectivity index (χ0) is 12.7. The average Bonchev–Trinajstić information content (AvgIpc) is 2.95. The standard InChI is InChI=1S/C13H11N3O2/c1-7-8-4-2-3-5-9(8)15-11(7)10-6-14-12(16-10)13(17)18/h2-6,15H,1H3,(H,14,16)(H,17,18). The molecule has 0 fully saturated rings. The predicted molar refractivity (Wildman–Crippen MR) is 67.6 cm³/mol. The smallest absolute Gasteiger partial charge is 0.371 e. The van der Waals surface area contributed by atoms with Crippen molar-refractivity contribution < 1.29 is 9.90 Å². The summed E-state index contributed by atoms with van der Waals surface area (Å²) >= 11 is 0. The van der Waals surface area contributed by atoms with Crippen molar-refractivity contribution in [2.45, 2.75) is 6.92 Å². The molecule has 2 heterocycles. The molecule has 0 aliphatic heterocycles. The molecule has 0 amide bonds. The fourth-order valence-corrected chi connectivity index (χ4v) is 2.11. The molecule has 18 heavy (non-hydrogen) atoms. The minimum atomic E-state index is -1.06. The number of imidazole rings is 1. The van der Waals surface area contributed by atoms with Crippen LogP contribution in [0.5, 0.6) is 0 Å². The van der Waals surface area contributed by atoms with Crippen molar-refractivity contribution in [1.29, 1.82) is 0 Å². The van der Waals surface area contributed by atoms with Gasteiger partial charge in [-0.1, -0.05) is 18.2 Å². The molecule has 1 aromatic carbocycles. The summed E-state index contributed by atoms with van der Waals surface area (Å²) in [6.45, 7) is 2.00. The lowest BCUT2D eigenvalue weighted by Gasteiger charge is -1.94. The van der Waals surface area contributed by atoms with Crippen molar-refractivity contribution in [2.75, 3.05) is 0 Å². The van der Waals surface area contributed by atoms with Crippen LogP contribution in [-0.2, 0) is 0 Å². The molecule has 5 heteroatoms. The molecular weight excluding hydrogens is 230 g/mol. The van der Waals surface area contributed by atoms with Crippen LogP contribution in [0.1, 0.15) is 16.2 Å². The summed E-state index contributed by atoms with van der Waals surface area (Å²) in [5.74, 6) is -1.11. The van der Waals surface area contributed by atoms with Gasteiger partial charge in [-0.15, -0.1) is 0 Å². The number of aryl methyl sites for hydroxylation is 1. The number of benzene rings is 1. The second-order valence-electron chi connectivity index (χ2n) is 4.12.